The van der Waals surface area contributed by atoms with Crippen molar-refractivity contribution in [3.63, 3.8) is 0 Å². The largest absolute Gasteiger partial charge is 0.494 e. The summed E-state index contributed by atoms with van der Waals surface area (Å²) in [6.07, 6.45) is 3.65. The molecule has 4 rings (SSSR count). The first-order valence-electron chi connectivity index (χ1n) is 10.9. The van der Waals surface area contributed by atoms with Crippen molar-refractivity contribution in [3.05, 3.63) is 67.1 Å². The maximum absolute atomic E-state index is 5.87. The van der Waals surface area contributed by atoms with Crippen LogP contribution in [0.15, 0.2) is 61.6 Å². The molecule has 2 heterocycles. The van der Waals surface area contributed by atoms with Gasteiger partial charge in [-0.25, -0.2) is 9.97 Å². The van der Waals surface area contributed by atoms with Crippen LogP contribution in [0.3, 0.4) is 0 Å². The molecule has 0 atom stereocenters. The van der Waals surface area contributed by atoms with Gasteiger partial charge in [-0.05, 0) is 33.8 Å². The molecule has 0 unspecified atom stereocenters. The Morgan fingerprint density at radius 2 is 1.81 bits per heavy atom. The molecule has 0 N–H and O–H groups in total. The summed E-state index contributed by atoms with van der Waals surface area (Å²) in [4.78, 5) is 9.19. The molecule has 32 heavy (non-hydrogen) atoms. The third kappa shape index (κ3) is 4.08. The van der Waals surface area contributed by atoms with Crippen molar-refractivity contribution in [1.82, 2.24) is 19.7 Å². The van der Waals surface area contributed by atoms with Crippen molar-refractivity contribution < 1.29 is 9.47 Å². The van der Waals surface area contributed by atoms with E-state index < -0.39 is 0 Å². The van der Waals surface area contributed by atoms with E-state index in [1.807, 2.05) is 48.9 Å². The van der Waals surface area contributed by atoms with Gasteiger partial charge in [-0.3, -0.25) is 4.68 Å². The summed E-state index contributed by atoms with van der Waals surface area (Å²) < 4.78 is 13.5. The van der Waals surface area contributed by atoms with Crippen LogP contribution in [0.4, 0.5) is 0 Å². The smallest absolute Gasteiger partial charge is 0.132 e. The fraction of sp³-hybridized carbons (Fsp3) is 0.269. The molecule has 0 saturated heterocycles. The highest BCUT2D eigenvalue weighted by Crippen LogP contribution is 2.37. The molecule has 4 aromatic rings. The second-order valence-corrected chi connectivity index (χ2v) is 7.71. The molecule has 0 radical (unpaired) electrons. The fourth-order valence-electron chi connectivity index (χ4n) is 3.68. The van der Waals surface area contributed by atoms with E-state index in [4.69, 9.17) is 14.6 Å². The fourth-order valence-corrected chi connectivity index (χ4v) is 3.68. The molecule has 6 nitrogen and oxygen atoms in total. The van der Waals surface area contributed by atoms with Gasteiger partial charge < -0.3 is 9.47 Å². The van der Waals surface area contributed by atoms with E-state index >= 15 is 0 Å². The monoisotopic (exact) mass is 428 g/mol. The lowest BCUT2D eigenvalue weighted by molar-refractivity contribution is 0.293. The summed E-state index contributed by atoms with van der Waals surface area (Å²) in [5.41, 5.74) is 5.29. The van der Waals surface area contributed by atoms with Gasteiger partial charge in [0.05, 0.1) is 30.0 Å². The Bertz CT molecular complexity index is 1250. The molecule has 164 valence electrons. The Morgan fingerprint density at radius 3 is 2.50 bits per heavy atom. The summed E-state index contributed by atoms with van der Waals surface area (Å²) in [5.74, 6) is 1.26. The van der Waals surface area contributed by atoms with Gasteiger partial charge in [0, 0.05) is 34.8 Å². The van der Waals surface area contributed by atoms with Crippen molar-refractivity contribution in [2.24, 2.45) is 0 Å². The molecule has 0 aliphatic rings. The minimum absolute atomic E-state index is 0.220. The predicted octanol–water partition coefficient (Wildman–Crippen LogP) is 6.15. The molecule has 2 aromatic carbocycles. The van der Waals surface area contributed by atoms with Crippen LogP contribution < -0.4 is 4.74 Å². The maximum atomic E-state index is 5.87. The zero-order valence-corrected chi connectivity index (χ0v) is 19.0. The Morgan fingerprint density at radius 1 is 1.03 bits per heavy atom. The number of fused-ring (bicyclic) bond motifs is 1. The van der Waals surface area contributed by atoms with Gasteiger partial charge >= 0.3 is 0 Å². The molecular weight excluding hydrogens is 400 g/mol. The molecule has 2 aromatic heterocycles. The van der Waals surface area contributed by atoms with Gasteiger partial charge in [-0.2, -0.15) is 5.10 Å². The number of benzene rings is 2. The third-order valence-electron chi connectivity index (χ3n) is 5.22. The summed E-state index contributed by atoms with van der Waals surface area (Å²) >= 11 is 0. The van der Waals surface area contributed by atoms with Crippen molar-refractivity contribution in [2.75, 3.05) is 13.2 Å². The highest BCUT2D eigenvalue weighted by Gasteiger charge is 2.20. The Balaban J connectivity index is 1.97. The second-order valence-electron chi connectivity index (χ2n) is 7.71. The standard InChI is InChI=1S/C26H28N4O2/c1-6-31-18(5)20-13-21-23(14-24(20)32-7-2)27-16-28-26(21)22-15-30(17(3)4)29-25(22)19-11-9-8-10-12-19/h8-17H,5-7H2,1-4H3. The number of hydrogen-bond acceptors (Lipinski definition) is 5. The van der Waals surface area contributed by atoms with E-state index in [1.165, 1.54) is 0 Å². The van der Waals surface area contributed by atoms with Crippen molar-refractivity contribution >= 4 is 16.7 Å². The van der Waals surface area contributed by atoms with Crippen LogP contribution in [0.2, 0.25) is 0 Å². The van der Waals surface area contributed by atoms with Gasteiger partial charge in [-0.1, -0.05) is 36.9 Å². The van der Waals surface area contributed by atoms with Gasteiger partial charge in [0.25, 0.3) is 0 Å². The molecule has 0 amide bonds. The van der Waals surface area contributed by atoms with Crippen LogP contribution in [0.25, 0.3) is 39.2 Å². The highest BCUT2D eigenvalue weighted by molar-refractivity contribution is 5.98. The Labute approximate surface area is 188 Å². The number of aromatic nitrogens is 4. The minimum Gasteiger partial charge on any atom is -0.494 e. The first-order valence-corrected chi connectivity index (χ1v) is 10.9. The lowest BCUT2D eigenvalue weighted by atomic mass is 10.0. The van der Waals surface area contributed by atoms with Crippen LogP contribution >= 0.6 is 0 Å². The summed E-state index contributed by atoms with van der Waals surface area (Å²) in [7, 11) is 0. The molecular formula is C26H28N4O2. The summed E-state index contributed by atoms with van der Waals surface area (Å²) in [5, 5.41) is 5.78. The van der Waals surface area contributed by atoms with Crippen molar-refractivity contribution in [3.8, 4) is 28.3 Å². The van der Waals surface area contributed by atoms with Crippen molar-refractivity contribution in [1.29, 1.82) is 0 Å². The molecule has 0 aliphatic heterocycles. The third-order valence-corrected chi connectivity index (χ3v) is 5.22. The van der Waals surface area contributed by atoms with Crippen LogP contribution in [0.5, 0.6) is 5.75 Å². The number of ether oxygens (including phenoxy) is 2. The van der Waals surface area contributed by atoms with E-state index in [0.717, 1.165) is 39.0 Å². The lowest BCUT2D eigenvalue weighted by Crippen LogP contribution is -2.00. The van der Waals surface area contributed by atoms with Crippen LogP contribution in [0, 0.1) is 0 Å². The summed E-state index contributed by atoms with van der Waals surface area (Å²) in [6, 6.07) is 14.3. The van der Waals surface area contributed by atoms with Gasteiger partial charge in [0.2, 0.25) is 0 Å². The average molecular weight is 429 g/mol. The van der Waals surface area contributed by atoms with E-state index in [1.54, 1.807) is 6.33 Å². The Hall–Kier alpha value is -3.67. The van der Waals surface area contributed by atoms with E-state index in [-0.39, 0.29) is 6.04 Å². The SMILES string of the molecule is C=C(OCC)c1cc2c(-c3cn(C(C)C)nc3-c3ccccc3)ncnc2cc1OCC. The zero-order chi connectivity index (χ0) is 22.7. The van der Waals surface area contributed by atoms with Gasteiger partial charge in [0.1, 0.15) is 23.5 Å². The normalized spacial score (nSPS) is 11.2. The molecule has 0 bridgehead atoms. The van der Waals surface area contributed by atoms with Crippen molar-refractivity contribution in [2.45, 2.75) is 33.7 Å². The van der Waals surface area contributed by atoms with Crippen LogP contribution in [-0.4, -0.2) is 33.0 Å². The first kappa shape index (κ1) is 21.6. The Kier molecular flexibility index (Phi) is 6.21. The molecule has 0 spiro atoms. The molecule has 0 saturated carbocycles. The average Bonchev–Trinajstić information content (AvgIpc) is 3.25. The van der Waals surface area contributed by atoms with E-state index in [2.05, 4.69) is 48.7 Å². The topological polar surface area (TPSA) is 62.1 Å². The first-order chi connectivity index (χ1) is 15.5. The second kappa shape index (κ2) is 9.22. The molecule has 0 aliphatic carbocycles. The lowest BCUT2D eigenvalue weighted by Gasteiger charge is -2.15. The molecule has 0 fully saturated rings. The van der Waals surface area contributed by atoms with Gasteiger partial charge in [-0.15, -0.1) is 0 Å². The van der Waals surface area contributed by atoms with Crippen LogP contribution in [-0.2, 0) is 4.74 Å². The number of rotatable bonds is 8. The highest BCUT2D eigenvalue weighted by atomic mass is 16.5. The summed E-state index contributed by atoms with van der Waals surface area (Å²) in [6.45, 7) is 13.3. The van der Waals surface area contributed by atoms with Crippen LogP contribution in [0.1, 0.15) is 39.3 Å². The van der Waals surface area contributed by atoms with E-state index in [0.29, 0.717) is 24.7 Å². The predicted molar refractivity (Wildman–Crippen MR) is 128 cm³/mol. The quantitative estimate of drug-likeness (QED) is 0.315. The maximum Gasteiger partial charge on any atom is 0.132 e. The number of hydrogen-bond donors (Lipinski definition) is 0. The number of nitrogens with zero attached hydrogens (tertiary/aromatic N) is 4. The zero-order valence-electron chi connectivity index (χ0n) is 19.0. The van der Waals surface area contributed by atoms with E-state index in [9.17, 15) is 0 Å². The van der Waals surface area contributed by atoms with Gasteiger partial charge in [0.15, 0.2) is 0 Å². The molecule has 6 heteroatoms. The minimum atomic E-state index is 0.220.